The highest BCUT2D eigenvalue weighted by atomic mass is 16.3. The number of aliphatic hydroxyl groups is 1. The van der Waals surface area contributed by atoms with E-state index in [1.165, 1.54) is 0 Å². The summed E-state index contributed by atoms with van der Waals surface area (Å²) in [4.78, 5) is 20.7. The Morgan fingerprint density at radius 1 is 1.29 bits per heavy atom. The van der Waals surface area contributed by atoms with Crippen molar-refractivity contribution in [3.05, 3.63) is 47.2 Å². The standard InChI is InChI=1S/C21H32N6O/c1-15-12-27(11-10-25(15)4)21-18(14-28)20(23-17(3)24-21)13-26(5)16(2)19-8-6-7-9-22-19/h6-9,15-16,28H,10-14H2,1-5H3/t15-,16-/m0/s1. The Morgan fingerprint density at radius 3 is 2.71 bits per heavy atom. The van der Waals surface area contributed by atoms with Gasteiger partial charge in [-0.2, -0.15) is 0 Å². The molecule has 2 atom stereocenters. The van der Waals surface area contributed by atoms with Gasteiger partial charge in [0, 0.05) is 50.0 Å². The van der Waals surface area contributed by atoms with E-state index < -0.39 is 0 Å². The van der Waals surface area contributed by atoms with E-state index in [2.05, 4.69) is 52.6 Å². The van der Waals surface area contributed by atoms with Gasteiger partial charge in [-0.1, -0.05) is 6.07 Å². The summed E-state index contributed by atoms with van der Waals surface area (Å²) < 4.78 is 0. The first-order valence-corrected chi connectivity index (χ1v) is 9.94. The molecule has 2 aromatic heterocycles. The molecule has 7 nitrogen and oxygen atoms in total. The fourth-order valence-electron chi connectivity index (χ4n) is 3.65. The van der Waals surface area contributed by atoms with Crippen LogP contribution in [0.2, 0.25) is 0 Å². The minimum Gasteiger partial charge on any atom is -0.391 e. The number of rotatable bonds is 6. The van der Waals surface area contributed by atoms with Crippen molar-refractivity contribution in [1.82, 2.24) is 24.8 Å². The van der Waals surface area contributed by atoms with Gasteiger partial charge in [0.2, 0.25) is 0 Å². The molecule has 1 aliphatic heterocycles. The number of anilines is 1. The lowest BCUT2D eigenvalue weighted by Gasteiger charge is -2.39. The molecule has 0 saturated carbocycles. The second kappa shape index (κ2) is 8.94. The third kappa shape index (κ3) is 4.48. The maximum atomic E-state index is 10.2. The molecular weight excluding hydrogens is 352 g/mol. The van der Waals surface area contributed by atoms with Crippen LogP contribution in [0.5, 0.6) is 0 Å². The number of aromatic nitrogens is 3. The van der Waals surface area contributed by atoms with Gasteiger partial charge < -0.3 is 14.9 Å². The van der Waals surface area contributed by atoms with E-state index in [9.17, 15) is 5.11 Å². The second-order valence-electron chi connectivity index (χ2n) is 7.80. The van der Waals surface area contributed by atoms with Crippen LogP contribution in [0.1, 0.15) is 42.7 Å². The van der Waals surface area contributed by atoms with Crippen LogP contribution in [0, 0.1) is 6.92 Å². The average Bonchev–Trinajstić information content (AvgIpc) is 2.69. The van der Waals surface area contributed by atoms with E-state index in [-0.39, 0.29) is 12.6 Å². The molecule has 152 valence electrons. The SMILES string of the molecule is Cc1nc(CN(C)[C@@H](C)c2ccccn2)c(CO)c(N2CCN(C)[C@@H](C)C2)n1. The molecule has 0 amide bonds. The Labute approximate surface area is 168 Å². The Bertz CT molecular complexity index is 784. The lowest BCUT2D eigenvalue weighted by atomic mass is 10.1. The minimum absolute atomic E-state index is 0.0581. The normalized spacial score (nSPS) is 19.2. The number of aliphatic hydroxyl groups excluding tert-OH is 1. The molecule has 2 aromatic rings. The van der Waals surface area contributed by atoms with Crippen molar-refractivity contribution in [2.24, 2.45) is 0 Å². The Hall–Kier alpha value is -2.09. The minimum atomic E-state index is -0.0581. The number of pyridine rings is 1. The van der Waals surface area contributed by atoms with Crippen LogP contribution in [0.3, 0.4) is 0 Å². The summed E-state index contributed by atoms with van der Waals surface area (Å²) in [6.45, 7) is 9.66. The molecule has 0 aliphatic carbocycles. The molecule has 0 unspecified atom stereocenters. The quantitative estimate of drug-likeness (QED) is 0.817. The van der Waals surface area contributed by atoms with Gasteiger partial charge in [-0.3, -0.25) is 9.88 Å². The van der Waals surface area contributed by atoms with Crippen LogP contribution >= 0.6 is 0 Å². The van der Waals surface area contributed by atoms with Crippen LogP contribution in [0.4, 0.5) is 5.82 Å². The topological polar surface area (TPSA) is 68.6 Å². The molecule has 28 heavy (non-hydrogen) atoms. The van der Waals surface area contributed by atoms with Crippen molar-refractivity contribution < 1.29 is 5.11 Å². The molecule has 3 rings (SSSR count). The first-order valence-electron chi connectivity index (χ1n) is 9.94. The van der Waals surface area contributed by atoms with Crippen molar-refractivity contribution >= 4 is 5.82 Å². The summed E-state index contributed by atoms with van der Waals surface area (Å²) in [6, 6.07) is 6.57. The monoisotopic (exact) mass is 384 g/mol. The van der Waals surface area contributed by atoms with Gasteiger partial charge >= 0.3 is 0 Å². The van der Waals surface area contributed by atoms with Crippen molar-refractivity contribution in [2.45, 2.75) is 46.0 Å². The van der Waals surface area contributed by atoms with Crippen LogP contribution in [-0.4, -0.2) is 69.6 Å². The number of piperazine rings is 1. The van der Waals surface area contributed by atoms with E-state index in [1.54, 1.807) is 0 Å². The fourth-order valence-corrected chi connectivity index (χ4v) is 3.65. The molecule has 3 heterocycles. The molecule has 7 heteroatoms. The predicted octanol–water partition coefficient (Wildman–Crippen LogP) is 2.01. The number of hydrogen-bond donors (Lipinski definition) is 1. The zero-order chi connectivity index (χ0) is 20.3. The van der Waals surface area contributed by atoms with E-state index in [0.717, 1.165) is 48.2 Å². The Morgan fingerprint density at radius 2 is 2.07 bits per heavy atom. The highest BCUT2D eigenvalue weighted by Gasteiger charge is 2.26. The van der Waals surface area contributed by atoms with Crippen LogP contribution < -0.4 is 4.90 Å². The molecular formula is C21H32N6O. The lowest BCUT2D eigenvalue weighted by molar-refractivity contribution is 0.229. The van der Waals surface area contributed by atoms with Gasteiger partial charge in [-0.25, -0.2) is 9.97 Å². The molecule has 1 aliphatic rings. The molecule has 1 fully saturated rings. The molecule has 0 bridgehead atoms. The highest BCUT2D eigenvalue weighted by molar-refractivity contribution is 5.50. The highest BCUT2D eigenvalue weighted by Crippen LogP contribution is 2.26. The zero-order valence-corrected chi connectivity index (χ0v) is 17.6. The van der Waals surface area contributed by atoms with Crippen LogP contribution in [0.25, 0.3) is 0 Å². The summed E-state index contributed by atoms with van der Waals surface area (Å²) in [7, 11) is 4.22. The van der Waals surface area contributed by atoms with Crippen molar-refractivity contribution in [3.8, 4) is 0 Å². The van der Waals surface area contributed by atoms with Gasteiger partial charge in [0.1, 0.15) is 11.6 Å². The molecule has 0 aromatic carbocycles. The van der Waals surface area contributed by atoms with Crippen LogP contribution in [-0.2, 0) is 13.2 Å². The van der Waals surface area contributed by atoms with Crippen molar-refractivity contribution in [3.63, 3.8) is 0 Å². The number of nitrogens with zero attached hydrogens (tertiary/aromatic N) is 6. The number of likely N-dealkylation sites (N-methyl/N-ethyl adjacent to an activating group) is 1. The van der Waals surface area contributed by atoms with E-state index in [4.69, 9.17) is 4.98 Å². The summed E-state index contributed by atoms with van der Waals surface area (Å²) >= 11 is 0. The third-order valence-corrected chi connectivity index (χ3v) is 5.78. The third-order valence-electron chi connectivity index (χ3n) is 5.78. The zero-order valence-electron chi connectivity index (χ0n) is 17.6. The largest absolute Gasteiger partial charge is 0.391 e. The summed E-state index contributed by atoms with van der Waals surface area (Å²) in [5.41, 5.74) is 2.75. The van der Waals surface area contributed by atoms with Crippen molar-refractivity contribution in [1.29, 1.82) is 0 Å². The van der Waals surface area contributed by atoms with Gasteiger partial charge in [0.05, 0.1) is 18.0 Å². The first-order chi connectivity index (χ1) is 13.4. The maximum absolute atomic E-state index is 10.2. The summed E-state index contributed by atoms with van der Waals surface area (Å²) in [5, 5.41) is 10.2. The van der Waals surface area contributed by atoms with E-state index in [0.29, 0.717) is 12.6 Å². The van der Waals surface area contributed by atoms with Gasteiger partial charge in [0.15, 0.2) is 0 Å². The average molecular weight is 385 g/mol. The first kappa shape index (κ1) is 20.6. The number of hydrogen-bond acceptors (Lipinski definition) is 7. The second-order valence-corrected chi connectivity index (χ2v) is 7.80. The smallest absolute Gasteiger partial charge is 0.138 e. The van der Waals surface area contributed by atoms with E-state index >= 15 is 0 Å². The maximum Gasteiger partial charge on any atom is 0.138 e. The Kier molecular flexibility index (Phi) is 6.59. The van der Waals surface area contributed by atoms with Gasteiger partial charge in [-0.15, -0.1) is 0 Å². The Balaban J connectivity index is 1.86. The molecule has 1 saturated heterocycles. The van der Waals surface area contributed by atoms with Crippen LogP contribution in [0.15, 0.2) is 24.4 Å². The molecule has 0 radical (unpaired) electrons. The number of aryl methyl sites for hydroxylation is 1. The van der Waals surface area contributed by atoms with Gasteiger partial charge in [0.25, 0.3) is 0 Å². The lowest BCUT2D eigenvalue weighted by Crippen LogP contribution is -2.50. The summed E-state index contributed by atoms with van der Waals surface area (Å²) in [5.74, 6) is 1.62. The fraction of sp³-hybridized carbons (Fsp3) is 0.571. The van der Waals surface area contributed by atoms with Gasteiger partial charge in [-0.05, 0) is 47.0 Å². The molecule has 1 N–H and O–H groups in total. The predicted molar refractivity (Wildman–Crippen MR) is 111 cm³/mol. The molecule has 0 spiro atoms. The van der Waals surface area contributed by atoms with E-state index in [1.807, 2.05) is 31.3 Å². The van der Waals surface area contributed by atoms with Crippen molar-refractivity contribution in [2.75, 3.05) is 38.6 Å². The summed E-state index contributed by atoms with van der Waals surface area (Å²) in [6.07, 6.45) is 1.82.